The number of hydrogen-bond acceptors (Lipinski definition) is 11. The summed E-state index contributed by atoms with van der Waals surface area (Å²) in [6, 6.07) is 19.5. The Balaban J connectivity index is 1.32. The number of piperazine rings is 1. The van der Waals surface area contributed by atoms with Gasteiger partial charge >= 0.3 is 6.09 Å². The van der Waals surface area contributed by atoms with Gasteiger partial charge in [-0.1, -0.05) is 18.2 Å². The number of rotatable bonds is 13. The van der Waals surface area contributed by atoms with Crippen molar-refractivity contribution in [3.05, 3.63) is 88.5 Å². The monoisotopic (exact) mass is 643 g/mol. The number of nitro groups is 1. The smallest absolute Gasteiger partial charge is 0.409 e. The van der Waals surface area contributed by atoms with Crippen molar-refractivity contribution in [1.82, 2.24) is 9.62 Å². The van der Waals surface area contributed by atoms with Gasteiger partial charge in [0, 0.05) is 67.8 Å². The lowest BCUT2D eigenvalue weighted by Crippen LogP contribution is -2.49. The van der Waals surface area contributed by atoms with E-state index in [-0.39, 0.29) is 17.9 Å². The van der Waals surface area contributed by atoms with Crippen LogP contribution in [0.4, 0.5) is 21.9 Å². The molecule has 0 unspecified atom stereocenters. The number of hydrogen-bond donors (Lipinski definition) is 2. The van der Waals surface area contributed by atoms with E-state index in [9.17, 15) is 28.1 Å². The van der Waals surface area contributed by atoms with E-state index in [1.165, 1.54) is 31.4 Å². The summed E-state index contributed by atoms with van der Waals surface area (Å²) in [5, 5.41) is 14.7. The Morgan fingerprint density at radius 1 is 0.977 bits per heavy atom. The number of benzene rings is 3. The molecule has 3 aromatic carbocycles. The Labute approximate surface area is 259 Å². The van der Waals surface area contributed by atoms with Crippen molar-refractivity contribution in [2.24, 2.45) is 0 Å². The molecule has 13 nitrogen and oxygen atoms in total. The zero-order valence-corrected chi connectivity index (χ0v) is 25.6. The average Bonchev–Trinajstić information content (AvgIpc) is 3.03. The molecule has 0 atom stereocenters. The van der Waals surface area contributed by atoms with Crippen molar-refractivity contribution in [3.63, 3.8) is 0 Å². The highest BCUT2D eigenvalue weighted by Crippen LogP contribution is 2.28. The first kappa shape index (κ1) is 32.6. The molecule has 0 saturated carbocycles. The SMILES string of the molecule is COCCOC(=O)N1CCN(c2ccc(C(=O)NS(=O)(=O)c3ccc(NCCSc4ccccc4)c([N+](=O)[O-])c3)cc2)CC1. The Bertz CT molecular complexity index is 1550. The van der Waals surface area contributed by atoms with Crippen LogP contribution < -0.4 is 14.9 Å². The number of ether oxygens (including phenoxy) is 2. The summed E-state index contributed by atoms with van der Waals surface area (Å²) >= 11 is 1.58. The molecule has 0 bridgehead atoms. The van der Waals surface area contributed by atoms with Crippen LogP contribution in [0.5, 0.6) is 0 Å². The van der Waals surface area contributed by atoms with Crippen molar-refractivity contribution in [3.8, 4) is 0 Å². The Hall–Kier alpha value is -4.34. The molecular weight excluding hydrogens is 610 g/mol. The molecule has 1 fully saturated rings. The summed E-state index contributed by atoms with van der Waals surface area (Å²) in [5.41, 5.74) is 0.658. The molecule has 3 aromatic rings. The molecule has 1 aliphatic rings. The largest absolute Gasteiger partial charge is 0.447 e. The van der Waals surface area contributed by atoms with Crippen LogP contribution in [-0.2, 0) is 19.5 Å². The third kappa shape index (κ3) is 8.84. The molecule has 15 heteroatoms. The number of amides is 2. The average molecular weight is 644 g/mol. The van der Waals surface area contributed by atoms with E-state index in [2.05, 4.69) is 5.32 Å². The van der Waals surface area contributed by atoms with E-state index < -0.39 is 37.5 Å². The number of nitrogens with zero attached hydrogens (tertiary/aromatic N) is 3. The van der Waals surface area contributed by atoms with Gasteiger partial charge in [-0.25, -0.2) is 17.9 Å². The van der Waals surface area contributed by atoms with Gasteiger partial charge in [-0.05, 0) is 48.5 Å². The minimum absolute atomic E-state index is 0.0985. The van der Waals surface area contributed by atoms with Crippen LogP contribution in [0, 0.1) is 10.1 Å². The first-order valence-electron chi connectivity index (χ1n) is 13.7. The summed E-state index contributed by atoms with van der Waals surface area (Å²) in [5.74, 6) is -0.237. The molecule has 0 aromatic heterocycles. The minimum atomic E-state index is -4.40. The van der Waals surface area contributed by atoms with E-state index in [1.54, 1.807) is 28.8 Å². The van der Waals surface area contributed by atoms with Gasteiger partial charge in [-0.2, -0.15) is 0 Å². The number of thioether (sulfide) groups is 1. The molecule has 0 radical (unpaired) electrons. The second kappa shape index (κ2) is 15.4. The van der Waals surface area contributed by atoms with Gasteiger partial charge in [0.2, 0.25) is 0 Å². The molecular formula is C29H33N5O8S2. The summed E-state index contributed by atoms with van der Waals surface area (Å²) in [6.45, 7) is 2.94. The van der Waals surface area contributed by atoms with Gasteiger partial charge < -0.3 is 24.6 Å². The third-order valence-corrected chi connectivity index (χ3v) is 9.02. The second-order valence-electron chi connectivity index (χ2n) is 9.59. The maximum atomic E-state index is 13.0. The first-order chi connectivity index (χ1) is 21.2. The fourth-order valence-corrected chi connectivity index (χ4v) is 6.15. The van der Waals surface area contributed by atoms with E-state index in [0.29, 0.717) is 45.1 Å². The number of anilines is 2. The van der Waals surface area contributed by atoms with Gasteiger partial charge in [0.05, 0.1) is 16.4 Å². The maximum Gasteiger partial charge on any atom is 0.409 e. The van der Waals surface area contributed by atoms with Gasteiger partial charge in [0.25, 0.3) is 21.6 Å². The van der Waals surface area contributed by atoms with E-state index in [0.717, 1.165) is 16.6 Å². The molecule has 1 saturated heterocycles. The van der Waals surface area contributed by atoms with E-state index in [4.69, 9.17) is 9.47 Å². The van der Waals surface area contributed by atoms with Gasteiger partial charge in [0.15, 0.2) is 0 Å². The van der Waals surface area contributed by atoms with Gasteiger partial charge in [-0.15, -0.1) is 11.8 Å². The standard InChI is InChI=1S/C29H33N5O8S2/c1-41-18-19-42-29(36)33-16-14-32(15-17-33)23-9-7-22(8-10-23)28(35)31-44(39,40)25-11-12-26(27(21-25)34(37)38)30-13-20-43-24-5-3-2-4-6-24/h2-12,21,30H,13-20H2,1H3,(H,31,35). The first-order valence-corrected chi connectivity index (χ1v) is 16.2. The normalized spacial score (nSPS) is 13.3. The highest BCUT2D eigenvalue weighted by Gasteiger charge is 2.25. The summed E-state index contributed by atoms with van der Waals surface area (Å²) in [6.07, 6.45) is -0.399. The van der Waals surface area contributed by atoms with Gasteiger partial charge in [-0.3, -0.25) is 14.9 Å². The van der Waals surface area contributed by atoms with Crippen LogP contribution in [0.3, 0.4) is 0 Å². The molecule has 2 amide bonds. The van der Waals surface area contributed by atoms with Crippen LogP contribution in [0.1, 0.15) is 10.4 Å². The number of sulfonamides is 1. The third-order valence-electron chi connectivity index (χ3n) is 6.68. The van der Waals surface area contributed by atoms with Crippen molar-refractivity contribution < 1.29 is 32.4 Å². The highest BCUT2D eigenvalue weighted by molar-refractivity contribution is 7.99. The number of carbonyl (C=O) groups excluding carboxylic acids is 2. The fraction of sp³-hybridized carbons (Fsp3) is 0.310. The number of methoxy groups -OCH3 is 1. The van der Waals surface area contributed by atoms with E-state index in [1.807, 2.05) is 40.0 Å². The molecule has 0 aliphatic carbocycles. The van der Waals surface area contributed by atoms with Gasteiger partial charge in [0.1, 0.15) is 12.3 Å². The highest BCUT2D eigenvalue weighted by atomic mass is 32.2. The van der Waals surface area contributed by atoms with E-state index >= 15 is 0 Å². The zero-order valence-electron chi connectivity index (χ0n) is 24.0. The Kier molecular flexibility index (Phi) is 11.4. The van der Waals surface area contributed by atoms with Crippen LogP contribution in [0.25, 0.3) is 0 Å². The topological polar surface area (TPSA) is 160 Å². The predicted octanol–water partition coefficient (Wildman–Crippen LogP) is 3.82. The van der Waals surface area contributed by atoms with Crippen molar-refractivity contribution in [1.29, 1.82) is 0 Å². The lowest BCUT2D eigenvalue weighted by atomic mass is 10.1. The van der Waals surface area contributed by atoms with Crippen molar-refractivity contribution in [2.45, 2.75) is 9.79 Å². The second-order valence-corrected chi connectivity index (χ2v) is 12.4. The van der Waals surface area contributed by atoms with Crippen LogP contribution >= 0.6 is 11.8 Å². The number of carbonyl (C=O) groups is 2. The molecule has 2 N–H and O–H groups in total. The molecule has 44 heavy (non-hydrogen) atoms. The lowest BCUT2D eigenvalue weighted by molar-refractivity contribution is -0.384. The Morgan fingerprint density at radius 2 is 1.68 bits per heavy atom. The molecule has 1 aliphatic heterocycles. The minimum Gasteiger partial charge on any atom is -0.447 e. The van der Waals surface area contributed by atoms with Crippen molar-refractivity contribution in [2.75, 3.05) is 69.0 Å². The van der Waals surface area contributed by atoms with Crippen LogP contribution in [0.2, 0.25) is 0 Å². The molecule has 234 valence electrons. The molecule has 4 rings (SSSR count). The number of nitro benzene ring substituents is 1. The Morgan fingerprint density at radius 3 is 2.34 bits per heavy atom. The summed E-state index contributed by atoms with van der Waals surface area (Å²) < 4.78 is 37.9. The van der Waals surface area contributed by atoms with Crippen LogP contribution in [0.15, 0.2) is 82.6 Å². The number of nitrogens with one attached hydrogen (secondary N) is 2. The van der Waals surface area contributed by atoms with Crippen molar-refractivity contribution >= 4 is 50.8 Å². The zero-order chi connectivity index (χ0) is 31.5. The molecule has 0 spiro atoms. The maximum absolute atomic E-state index is 13.0. The summed E-state index contributed by atoms with van der Waals surface area (Å²) in [4.78, 5) is 40.3. The van der Waals surface area contributed by atoms with Crippen LogP contribution in [-0.4, -0.2) is 89.0 Å². The predicted molar refractivity (Wildman–Crippen MR) is 167 cm³/mol. The summed E-state index contributed by atoms with van der Waals surface area (Å²) in [7, 11) is -2.87. The lowest BCUT2D eigenvalue weighted by Gasteiger charge is -2.35. The quantitative estimate of drug-likeness (QED) is 0.121. The molecule has 1 heterocycles. The fourth-order valence-electron chi connectivity index (χ4n) is 4.36.